The standard InChI is InChI=1S/C22H23N5O2S/c1-16-7-5-8-18(17(16)2)27-13-12-25-22(27)30-15-20(28)26-21-19(9-6-11-24-21)29-14-4-3-10-23/h5-9,11-13H,3-4,14-15H2,1-2H3,(H,24,26,28). The number of nitrogens with one attached hydrogen (secondary N) is 1. The lowest BCUT2D eigenvalue weighted by molar-refractivity contribution is -0.113. The van der Waals surface area contributed by atoms with Gasteiger partial charge in [-0.1, -0.05) is 23.9 Å². The minimum absolute atomic E-state index is 0.187. The molecule has 0 aliphatic heterocycles. The number of imidazole rings is 1. The number of carbonyl (C=O) groups excluding carboxylic acids is 1. The first-order chi connectivity index (χ1) is 14.6. The van der Waals surface area contributed by atoms with Crippen molar-refractivity contribution in [3.05, 3.63) is 60.0 Å². The van der Waals surface area contributed by atoms with E-state index in [9.17, 15) is 4.79 Å². The fraction of sp³-hybridized carbons (Fsp3) is 0.273. The van der Waals surface area contributed by atoms with Gasteiger partial charge in [0, 0.05) is 25.0 Å². The third kappa shape index (κ3) is 5.39. The summed E-state index contributed by atoms with van der Waals surface area (Å²) in [5.41, 5.74) is 3.43. The number of hydrogen-bond donors (Lipinski definition) is 1. The Kier molecular flexibility index (Phi) is 7.46. The quantitative estimate of drug-likeness (QED) is 0.409. The molecule has 0 saturated heterocycles. The van der Waals surface area contributed by atoms with Gasteiger partial charge in [-0.05, 0) is 49.6 Å². The molecule has 0 aliphatic rings. The summed E-state index contributed by atoms with van der Waals surface area (Å²) in [5, 5.41) is 12.2. The van der Waals surface area contributed by atoms with Crippen LogP contribution in [0.3, 0.4) is 0 Å². The SMILES string of the molecule is Cc1cccc(-n2ccnc2SCC(=O)Nc2ncccc2OCCCC#N)c1C. The van der Waals surface area contributed by atoms with Crippen LogP contribution in [0.2, 0.25) is 0 Å². The Morgan fingerprint density at radius 1 is 1.23 bits per heavy atom. The van der Waals surface area contributed by atoms with Crippen molar-refractivity contribution in [3.63, 3.8) is 0 Å². The number of nitriles is 1. The lowest BCUT2D eigenvalue weighted by atomic mass is 10.1. The lowest BCUT2D eigenvalue weighted by Crippen LogP contribution is -2.16. The van der Waals surface area contributed by atoms with Crippen molar-refractivity contribution in [1.82, 2.24) is 14.5 Å². The number of ether oxygens (including phenoxy) is 1. The predicted octanol–water partition coefficient (Wildman–Crippen LogP) is 4.30. The van der Waals surface area contributed by atoms with Crippen molar-refractivity contribution < 1.29 is 9.53 Å². The first-order valence-corrected chi connectivity index (χ1v) is 10.6. The summed E-state index contributed by atoms with van der Waals surface area (Å²) < 4.78 is 7.63. The smallest absolute Gasteiger partial charge is 0.236 e. The van der Waals surface area contributed by atoms with Gasteiger partial charge in [-0.25, -0.2) is 9.97 Å². The summed E-state index contributed by atoms with van der Waals surface area (Å²) in [5.74, 6) is 0.853. The number of nitrogens with zero attached hydrogens (tertiary/aromatic N) is 4. The molecule has 0 aliphatic carbocycles. The molecule has 0 atom stereocenters. The molecule has 3 aromatic rings. The molecule has 0 spiro atoms. The zero-order valence-corrected chi connectivity index (χ0v) is 17.8. The maximum atomic E-state index is 12.5. The van der Waals surface area contributed by atoms with Crippen LogP contribution in [0.1, 0.15) is 24.0 Å². The predicted molar refractivity (Wildman–Crippen MR) is 117 cm³/mol. The minimum Gasteiger partial charge on any atom is -0.490 e. The second-order valence-corrected chi connectivity index (χ2v) is 7.54. The highest BCUT2D eigenvalue weighted by molar-refractivity contribution is 7.99. The van der Waals surface area contributed by atoms with Gasteiger partial charge in [0.25, 0.3) is 0 Å². The van der Waals surface area contributed by atoms with Gasteiger partial charge in [-0.2, -0.15) is 5.26 Å². The Labute approximate surface area is 180 Å². The van der Waals surface area contributed by atoms with Crippen LogP contribution >= 0.6 is 11.8 Å². The molecule has 1 aromatic carbocycles. The van der Waals surface area contributed by atoms with E-state index >= 15 is 0 Å². The van der Waals surface area contributed by atoms with Gasteiger partial charge in [-0.15, -0.1) is 0 Å². The van der Waals surface area contributed by atoms with E-state index < -0.39 is 0 Å². The van der Waals surface area contributed by atoms with Gasteiger partial charge >= 0.3 is 0 Å². The second kappa shape index (κ2) is 10.5. The highest BCUT2D eigenvalue weighted by Gasteiger charge is 2.13. The van der Waals surface area contributed by atoms with Crippen LogP contribution in [0.5, 0.6) is 5.75 Å². The van der Waals surface area contributed by atoms with Crippen LogP contribution in [-0.4, -0.2) is 32.8 Å². The molecule has 2 heterocycles. The topological polar surface area (TPSA) is 92.8 Å². The zero-order chi connectivity index (χ0) is 21.3. The van der Waals surface area contributed by atoms with E-state index in [0.29, 0.717) is 31.0 Å². The number of aryl methyl sites for hydroxylation is 1. The summed E-state index contributed by atoms with van der Waals surface area (Å²) in [6.45, 7) is 4.54. The van der Waals surface area contributed by atoms with E-state index in [4.69, 9.17) is 10.00 Å². The van der Waals surface area contributed by atoms with E-state index in [-0.39, 0.29) is 11.7 Å². The van der Waals surface area contributed by atoms with Crippen molar-refractivity contribution in [2.45, 2.75) is 31.8 Å². The normalized spacial score (nSPS) is 10.4. The van der Waals surface area contributed by atoms with Crippen LogP contribution in [0.4, 0.5) is 5.82 Å². The van der Waals surface area contributed by atoms with Crippen LogP contribution in [-0.2, 0) is 4.79 Å². The Bertz CT molecular complexity index is 1060. The highest BCUT2D eigenvalue weighted by Crippen LogP contribution is 2.25. The van der Waals surface area contributed by atoms with Gasteiger partial charge in [0.05, 0.1) is 24.1 Å². The molecule has 7 nitrogen and oxygen atoms in total. The van der Waals surface area contributed by atoms with Gasteiger partial charge in [-0.3, -0.25) is 9.36 Å². The molecule has 3 rings (SSSR count). The maximum Gasteiger partial charge on any atom is 0.236 e. The summed E-state index contributed by atoms with van der Waals surface area (Å²) in [6.07, 6.45) is 6.27. The molecular weight excluding hydrogens is 398 g/mol. The van der Waals surface area contributed by atoms with Crippen molar-refractivity contribution >= 4 is 23.5 Å². The summed E-state index contributed by atoms with van der Waals surface area (Å²) in [6, 6.07) is 11.7. The third-order valence-corrected chi connectivity index (χ3v) is 5.46. The number of aromatic nitrogens is 3. The summed E-state index contributed by atoms with van der Waals surface area (Å²) in [4.78, 5) is 21.1. The number of hydrogen-bond acceptors (Lipinski definition) is 6. The Balaban J connectivity index is 1.62. The fourth-order valence-corrected chi connectivity index (χ4v) is 3.58. The number of pyridine rings is 1. The number of unbranched alkanes of at least 4 members (excludes halogenated alkanes) is 1. The van der Waals surface area contributed by atoms with E-state index in [1.165, 1.54) is 22.9 Å². The number of thioether (sulfide) groups is 1. The van der Waals surface area contributed by atoms with E-state index in [2.05, 4.69) is 41.3 Å². The maximum absolute atomic E-state index is 12.5. The van der Waals surface area contributed by atoms with Crippen molar-refractivity contribution in [1.29, 1.82) is 5.26 Å². The molecular formula is C22H23N5O2S. The molecule has 0 radical (unpaired) electrons. The third-order valence-electron chi connectivity index (χ3n) is 4.49. The van der Waals surface area contributed by atoms with E-state index in [0.717, 1.165) is 10.8 Å². The first-order valence-electron chi connectivity index (χ1n) is 9.57. The number of rotatable bonds is 9. The summed E-state index contributed by atoms with van der Waals surface area (Å²) in [7, 11) is 0. The summed E-state index contributed by atoms with van der Waals surface area (Å²) >= 11 is 1.36. The average molecular weight is 422 g/mol. The largest absolute Gasteiger partial charge is 0.490 e. The zero-order valence-electron chi connectivity index (χ0n) is 17.0. The van der Waals surface area contributed by atoms with Crippen LogP contribution in [0.25, 0.3) is 5.69 Å². The lowest BCUT2D eigenvalue weighted by Gasteiger charge is -2.13. The Morgan fingerprint density at radius 3 is 2.93 bits per heavy atom. The molecule has 8 heteroatoms. The molecule has 30 heavy (non-hydrogen) atoms. The van der Waals surface area contributed by atoms with Gasteiger partial charge < -0.3 is 10.1 Å². The molecule has 154 valence electrons. The van der Waals surface area contributed by atoms with Crippen molar-refractivity contribution in [3.8, 4) is 17.5 Å². The second-order valence-electron chi connectivity index (χ2n) is 6.60. The van der Waals surface area contributed by atoms with Crippen LogP contribution in [0.15, 0.2) is 54.1 Å². The van der Waals surface area contributed by atoms with Crippen LogP contribution in [0, 0.1) is 25.2 Å². The van der Waals surface area contributed by atoms with Gasteiger partial charge in [0.1, 0.15) is 0 Å². The molecule has 0 fully saturated rings. The number of anilines is 1. The number of benzene rings is 1. The molecule has 0 bridgehead atoms. The number of carbonyl (C=O) groups is 1. The van der Waals surface area contributed by atoms with E-state index in [1.807, 2.05) is 22.9 Å². The average Bonchev–Trinajstić information content (AvgIpc) is 3.21. The van der Waals surface area contributed by atoms with Gasteiger partial charge in [0.15, 0.2) is 16.7 Å². The van der Waals surface area contributed by atoms with Crippen molar-refractivity contribution in [2.75, 3.05) is 17.7 Å². The minimum atomic E-state index is -0.198. The molecule has 2 aromatic heterocycles. The van der Waals surface area contributed by atoms with E-state index in [1.54, 1.807) is 24.5 Å². The first kappa shape index (κ1) is 21.4. The Hall–Kier alpha value is -3.31. The molecule has 0 unspecified atom stereocenters. The fourth-order valence-electron chi connectivity index (χ4n) is 2.81. The molecule has 1 amide bonds. The molecule has 0 saturated carbocycles. The van der Waals surface area contributed by atoms with Crippen LogP contribution < -0.4 is 10.1 Å². The number of amides is 1. The van der Waals surface area contributed by atoms with Gasteiger partial charge in [0.2, 0.25) is 5.91 Å². The highest BCUT2D eigenvalue weighted by atomic mass is 32.2. The Morgan fingerprint density at radius 2 is 2.10 bits per heavy atom. The van der Waals surface area contributed by atoms with Crippen molar-refractivity contribution in [2.24, 2.45) is 0 Å². The monoisotopic (exact) mass is 421 g/mol. The molecule has 1 N–H and O–H groups in total.